The van der Waals surface area contributed by atoms with Crippen LogP contribution in [0.15, 0.2) is 0 Å². The number of aromatic carboxylic acids is 1. The summed E-state index contributed by atoms with van der Waals surface area (Å²) in [6.07, 6.45) is 0.263. The molecule has 0 aromatic heterocycles. The molecule has 6 heteroatoms. The van der Waals surface area contributed by atoms with Crippen molar-refractivity contribution in [3.8, 4) is 11.5 Å². The zero-order valence-electron chi connectivity index (χ0n) is 9.71. The molecule has 0 heterocycles. The predicted molar refractivity (Wildman–Crippen MR) is 67.5 cm³/mol. The van der Waals surface area contributed by atoms with Gasteiger partial charge in [-0.05, 0) is 12.0 Å². The Morgan fingerprint density at radius 3 is 1.94 bits per heavy atom. The molecule has 4 nitrogen and oxygen atoms in total. The van der Waals surface area contributed by atoms with Gasteiger partial charge in [0.05, 0.1) is 5.02 Å². The minimum Gasteiger partial charge on any atom is -0.505 e. The fourth-order valence-corrected chi connectivity index (χ4v) is 1.84. The number of carbonyl (C=O) groups is 1. The molecule has 0 aliphatic heterocycles. The van der Waals surface area contributed by atoms with E-state index in [0.29, 0.717) is 0 Å². The summed E-state index contributed by atoms with van der Waals surface area (Å²) in [6, 6.07) is 0. The number of benzene rings is 1. The maximum atomic E-state index is 10.9. The van der Waals surface area contributed by atoms with Crippen LogP contribution < -0.4 is 0 Å². The molecule has 0 unspecified atom stereocenters. The van der Waals surface area contributed by atoms with Crippen molar-refractivity contribution in [3.05, 3.63) is 21.2 Å². The summed E-state index contributed by atoms with van der Waals surface area (Å²) in [7, 11) is 0. The Bertz CT molecular complexity index is 430. The van der Waals surface area contributed by atoms with E-state index in [1.165, 1.54) is 0 Å². The molecule has 96 valence electrons. The molecule has 0 aliphatic carbocycles. The van der Waals surface area contributed by atoms with Crippen molar-refractivity contribution in [2.45, 2.75) is 27.2 Å². The summed E-state index contributed by atoms with van der Waals surface area (Å²) in [6.45, 7) is 5.65. The summed E-state index contributed by atoms with van der Waals surface area (Å²) in [5, 5.41) is 27.1. The van der Waals surface area contributed by atoms with Crippen LogP contribution in [0.25, 0.3) is 0 Å². The third-order valence-corrected chi connectivity index (χ3v) is 2.76. The number of hydrogen-bond acceptors (Lipinski definition) is 3. The van der Waals surface area contributed by atoms with Crippen LogP contribution in [0, 0.1) is 0 Å². The van der Waals surface area contributed by atoms with Crippen LogP contribution in [0.4, 0.5) is 0 Å². The first kappa shape index (κ1) is 15.9. The van der Waals surface area contributed by atoms with Crippen molar-refractivity contribution in [1.82, 2.24) is 0 Å². The molecule has 0 aliphatic rings. The van der Waals surface area contributed by atoms with E-state index in [1.807, 2.05) is 13.8 Å². The summed E-state index contributed by atoms with van der Waals surface area (Å²) < 4.78 is 0. The quantitative estimate of drug-likeness (QED) is 0.772. The third-order valence-electron chi connectivity index (χ3n) is 1.99. The molecule has 0 spiro atoms. The lowest BCUT2D eigenvalue weighted by atomic mass is 10.0. The molecular weight excluding hydrogens is 267 g/mol. The molecule has 3 N–H and O–H groups in total. The molecular formula is C11H14Cl2O4. The van der Waals surface area contributed by atoms with E-state index in [4.69, 9.17) is 28.3 Å². The van der Waals surface area contributed by atoms with Gasteiger partial charge in [-0.2, -0.15) is 0 Å². The van der Waals surface area contributed by atoms with Crippen LogP contribution in [0.2, 0.25) is 10.0 Å². The van der Waals surface area contributed by atoms with Gasteiger partial charge < -0.3 is 15.3 Å². The van der Waals surface area contributed by atoms with E-state index < -0.39 is 22.5 Å². The Labute approximate surface area is 109 Å². The van der Waals surface area contributed by atoms with Gasteiger partial charge in [-0.25, -0.2) is 4.79 Å². The number of rotatable bonds is 2. The second-order valence-electron chi connectivity index (χ2n) is 2.84. The molecule has 17 heavy (non-hydrogen) atoms. The Balaban J connectivity index is 0.00000121. The molecule has 0 bridgehead atoms. The molecule has 0 atom stereocenters. The molecule has 1 rings (SSSR count). The van der Waals surface area contributed by atoms with Gasteiger partial charge in [-0.1, -0.05) is 44.0 Å². The Hall–Kier alpha value is -1.13. The van der Waals surface area contributed by atoms with E-state index in [0.717, 1.165) is 0 Å². The average molecular weight is 281 g/mol. The normalized spacial score (nSPS) is 9.47. The van der Waals surface area contributed by atoms with E-state index in [9.17, 15) is 15.0 Å². The summed E-state index contributed by atoms with van der Waals surface area (Å²) in [5.41, 5.74) is -0.214. The fraction of sp³-hybridized carbons (Fsp3) is 0.364. The van der Waals surface area contributed by atoms with Gasteiger partial charge >= 0.3 is 5.97 Å². The zero-order valence-corrected chi connectivity index (χ0v) is 11.2. The topological polar surface area (TPSA) is 77.8 Å². The first-order chi connectivity index (χ1) is 7.91. The minimum atomic E-state index is -1.34. The smallest absolute Gasteiger partial charge is 0.339 e. The summed E-state index contributed by atoms with van der Waals surface area (Å²) in [4.78, 5) is 10.9. The number of halogens is 2. The van der Waals surface area contributed by atoms with Crippen LogP contribution in [-0.4, -0.2) is 21.3 Å². The van der Waals surface area contributed by atoms with Crippen LogP contribution in [0.1, 0.15) is 36.7 Å². The zero-order chi connectivity index (χ0) is 13.7. The van der Waals surface area contributed by atoms with Crippen molar-refractivity contribution in [1.29, 1.82) is 0 Å². The first-order valence-electron chi connectivity index (χ1n) is 5.06. The molecule has 0 amide bonds. The molecule has 0 fully saturated rings. The van der Waals surface area contributed by atoms with Crippen molar-refractivity contribution < 1.29 is 20.1 Å². The molecule has 1 aromatic rings. The van der Waals surface area contributed by atoms with E-state index in [1.54, 1.807) is 6.92 Å². The number of aromatic hydroxyl groups is 2. The lowest BCUT2D eigenvalue weighted by Crippen LogP contribution is -2.04. The molecule has 1 aromatic carbocycles. The molecule has 0 saturated carbocycles. The predicted octanol–water partition coefficient (Wildman–Crippen LogP) is 3.69. The standard InChI is InChI=1S/C9H8Cl2O4.C2H6/c1-2-3-4(9(14)15)7(12)6(11)8(13)5(3)10;1-2/h12-13H,2H2,1H3,(H,14,15);1-2H3. The number of carboxylic acids is 1. The lowest BCUT2D eigenvalue weighted by molar-refractivity contribution is 0.0692. The van der Waals surface area contributed by atoms with Gasteiger partial charge in [-0.15, -0.1) is 0 Å². The van der Waals surface area contributed by atoms with Crippen molar-refractivity contribution in [2.24, 2.45) is 0 Å². The second-order valence-corrected chi connectivity index (χ2v) is 3.59. The van der Waals surface area contributed by atoms with Gasteiger partial charge in [0.15, 0.2) is 11.5 Å². The number of phenols is 2. The van der Waals surface area contributed by atoms with E-state index in [2.05, 4.69) is 0 Å². The fourth-order valence-electron chi connectivity index (χ4n) is 1.28. The highest BCUT2D eigenvalue weighted by Gasteiger charge is 2.24. The van der Waals surface area contributed by atoms with Crippen LogP contribution in [0.5, 0.6) is 11.5 Å². The van der Waals surface area contributed by atoms with E-state index in [-0.39, 0.29) is 22.6 Å². The van der Waals surface area contributed by atoms with Crippen LogP contribution in [0.3, 0.4) is 0 Å². The Morgan fingerprint density at radius 1 is 1.12 bits per heavy atom. The van der Waals surface area contributed by atoms with Crippen molar-refractivity contribution >= 4 is 29.2 Å². The minimum absolute atomic E-state index is 0.141. The maximum Gasteiger partial charge on any atom is 0.339 e. The Morgan fingerprint density at radius 2 is 1.59 bits per heavy atom. The molecule has 0 radical (unpaired) electrons. The lowest BCUT2D eigenvalue weighted by Gasteiger charge is -2.11. The van der Waals surface area contributed by atoms with Gasteiger partial charge in [0.1, 0.15) is 10.6 Å². The average Bonchev–Trinajstić information content (AvgIpc) is 2.32. The number of phenolic OH excluding ortho intramolecular Hbond substituents is 1. The monoisotopic (exact) mass is 280 g/mol. The van der Waals surface area contributed by atoms with Gasteiger partial charge in [-0.3, -0.25) is 0 Å². The Kier molecular flexibility index (Phi) is 6.13. The van der Waals surface area contributed by atoms with E-state index >= 15 is 0 Å². The van der Waals surface area contributed by atoms with Gasteiger partial charge in [0.2, 0.25) is 0 Å². The first-order valence-corrected chi connectivity index (χ1v) is 5.82. The SMILES string of the molecule is CC.CCc1c(Cl)c(O)c(Cl)c(O)c1C(=O)O. The summed E-state index contributed by atoms with van der Waals surface area (Å²) in [5.74, 6) is -2.51. The largest absolute Gasteiger partial charge is 0.505 e. The highest BCUT2D eigenvalue weighted by molar-refractivity contribution is 6.39. The van der Waals surface area contributed by atoms with Crippen LogP contribution in [-0.2, 0) is 6.42 Å². The second kappa shape index (κ2) is 6.57. The maximum absolute atomic E-state index is 10.9. The number of carboxylic acid groups (broad SMARTS) is 1. The molecule has 0 saturated heterocycles. The number of hydrogen-bond donors (Lipinski definition) is 3. The van der Waals surface area contributed by atoms with Crippen LogP contribution >= 0.6 is 23.2 Å². The van der Waals surface area contributed by atoms with Crippen molar-refractivity contribution in [3.63, 3.8) is 0 Å². The van der Waals surface area contributed by atoms with Gasteiger partial charge in [0, 0.05) is 0 Å². The summed E-state index contributed by atoms with van der Waals surface area (Å²) >= 11 is 11.2. The highest BCUT2D eigenvalue weighted by atomic mass is 35.5. The highest BCUT2D eigenvalue weighted by Crippen LogP contribution is 2.44. The third kappa shape index (κ3) is 2.96. The van der Waals surface area contributed by atoms with Gasteiger partial charge in [0.25, 0.3) is 0 Å². The van der Waals surface area contributed by atoms with Crippen molar-refractivity contribution in [2.75, 3.05) is 0 Å².